The van der Waals surface area contributed by atoms with Crippen LogP contribution in [0.2, 0.25) is 0 Å². The molecule has 0 unspecified atom stereocenters. The van der Waals surface area contributed by atoms with Crippen LogP contribution in [0.3, 0.4) is 0 Å². The fourth-order valence-corrected chi connectivity index (χ4v) is 4.58. The van der Waals surface area contributed by atoms with Crippen LogP contribution in [-0.4, -0.2) is 50.1 Å². The average Bonchev–Trinajstić information content (AvgIpc) is 3.07. The molecule has 25 heavy (non-hydrogen) atoms. The summed E-state index contributed by atoms with van der Waals surface area (Å²) in [5, 5.41) is 3.44. The SMILES string of the molecule is Cl.O=C(C1CCN(CC2CCNCC2)CC1)N1CCc2ccccc21. The molecule has 2 fully saturated rings. The van der Waals surface area contributed by atoms with E-state index in [2.05, 4.69) is 28.4 Å². The molecular weight excluding hydrogens is 334 g/mol. The third-order valence-electron chi connectivity index (χ3n) is 6.07. The molecule has 1 N–H and O–H groups in total. The van der Waals surface area contributed by atoms with Crippen LogP contribution in [0.25, 0.3) is 0 Å². The number of halogens is 1. The van der Waals surface area contributed by atoms with E-state index >= 15 is 0 Å². The number of anilines is 1. The van der Waals surface area contributed by atoms with Crippen LogP contribution in [0.4, 0.5) is 5.69 Å². The number of rotatable bonds is 3. The molecule has 0 atom stereocenters. The van der Waals surface area contributed by atoms with E-state index in [9.17, 15) is 4.79 Å². The van der Waals surface area contributed by atoms with Gasteiger partial charge in [0.2, 0.25) is 5.91 Å². The first-order valence-corrected chi connectivity index (χ1v) is 9.63. The molecule has 0 aromatic heterocycles. The molecule has 1 aromatic carbocycles. The van der Waals surface area contributed by atoms with E-state index in [-0.39, 0.29) is 18.3 Å². The van der Waals surface area contributed by atoms with Gasteiger partial charge in [0.1, 0.15) is 0 Å². The van der Waals surface area contributed by atoms with Crippen LogP contribution in [0.1, 0.15) is 31.2 Å². The minimum Gasteiger partial charge on any atom is -0.317 e. The summed E-state index contributed by atoms with van der Waals surface area (Å²) in [5.74, 6) is 1.44. The Hall–Kier alpha value is -1.10. The number of nitrogens with zero attached hydrogens (tertiary/aromatic N) is 2. The monoisotopic (exact) mass is 363 g/mol. The average molecular weight is 364 g/mol. The van der Waals surface area contributed by atoms with Gasteiger partial charge in [0.05, 0.1) is 0 Å². The summed E-state index contributed by atoms with van der Waals surface area (Å²) in [6.07, 6.45) is 5.69. The molecule has 5 heteroatoms. The highest BCUT2D eigenvalue weighted by Crippen LogP contribution is 2.31. The van der Waals surface area contributed by atoms with Gasteiger partial charge in [0.25, 0.3) is 0 Å². The lowest BCUT2D eigenvalue weighted by Gasteiger charge is -2.36. The van der Waals surface area contributed by atoms with Crippen molar-refractivity contribution in [2.45, 2.75) is 32.1 Å². The summed E-state index contributed by atoms with van der Waals surface area (Å²) < 4.78 is 0. The third-order valence-corrected chi connectivity index (χ3v) is 6.07. The number of nitrogens with one attached hydrogen (secondary N) is 1. The lowest BCUT2D eigenvalue weighted by Crippen LogP contribution is -2.44. The van der Waals surface area contributed by atoms with Crippen molar-refractivity contribution < 1.29 is 4.79 Å². The second-order valence-corrected chi connectivity index (χ2v) is 7.64. The van der Waals surface area contributed by atoms with Crippen molar-refractivity contribution in [1.82, 2.24) is 10.2 Å². The van der Waals surface area contributed by atoms with Crippen LogP contribution < -0.4 is 10.2 Å². The van der Waals surface area contributed by atoms with E-state index in [1.807, 2.05) is 11.0 Å². The molecule has 0 radical (unpaired) electrons. The maximum atomic E-state index is 13.0. The Morgan fingerprint density at radius 3 is 2.52 bits per heavy atom. The fourth-order valence-electron chi connectivity index (χ4n) is 4.58. The summed E-state index contributed by atoms with van der Waals surface area (Å²) in [5.41, 5.74) is 2.48. The molecule has 0 spiro atoms. The topological polar surface area (TPSA) is 35.6 Å². The number of hydrogen-bond donors (Lipinski definition) is 1. The van der Waals surface area contributed by atoms with Gasteiger partial charge in [-0.15, -0.1) is 12.4 Å². The van der Waals surface area contributed by atoms with E-state index in [0.29, 0.717) is 5.91 Å². The van der Waals surface area contributed by atoms with Gasteiger partial charge in [-0.25, -0.2) is 0 Å². The number of para-hydroxylation sites is 1. The van der Waals surface area contributed by atoms with Crippen LogP contribution in [-0.2, 0) is 11.2 Å². The van der Waals surface area contributed by atoms with Gasteiger partial charge in [-0.1, -0.05) is 18.2 Å². The van der Waals surface area contributed by atoms with E-state index in [1.165, 1.54) is 38.0 Å². The quantitative estimate of drug-likeness (QED) is 0.896. The van der Waals surface area contributed by atoms with Gasteiger partial charge in [-0.2, -0.15) is 0 Å². The molecule has 3 aliphatic heterocycles. The van der Waals surface area contributed by atoms with Gasteiger partial charge >= 0.3 is 0 Å². The highest BCUT2D eigenvalue weighted by Gasteiger charge is 2.32. The Balaban J connectivity index is 0.00000182. The number of carbonyl (C=O) groups excluding carboxylic acids is 1. The minimum atomic E-state index is 0. The number of amides is 1. The molecule has 0 bridgehead atoms. The normalized spacial score (nSPS) is 22.5. The van der Waals surface area contributed by atoms with Crippen LogP contribution >= 0.6 is 12.4 Å². The molecule has 0 aliphatic carbocycles. The largest absolute Gasteiger partial charge is 0.317 e. The summed E-state index contributed by atoms with van der Waals surface area (Å²) in [7, 11) is 0. The van der Waals surface area contributed by atoms with Crippen molar-refractivity contribution >= 4 is 24.0 Å². The standard InChI is InChI=1S/C20H29N3O.ClH/c24-20(23-14-9-17-3-1-2-4-19(17)23)18-7-12-22(13-8-18)15-16-5-10-21-11-6-16;/h1-4,16,18,21H,5-15H2;1H. The van der Waals surface area contributed by atoms with Crippen molar-refractivity contribution in [2.75, 3.05) is 44.2 Å². The maximum Gasteiger partial charge on any atom is 0.230 e. The molecule has 4 nitrogen and oxygen atoms in total. The summed E-state index contributed by atoms with van der Waals surface area (Å²) >= 11 is 0. The molecule has 3 aliphatic rings. The molecule has 2 saturated heterocycles. The van der Waals surface area contributed by atoms with Gasteiger partial charge in [-0.3, -0.25) is 4.79 Å². The van der Waals surface area contributed by atoms with Crippen molar-refractivity contribution in [1.29, 1.82) is 0 Å². The molecule has 138 valence electrons. The van der Waals surface area contributed by atoms with Crippen molar-refractivity contribution in [3.8, 4) is 0 Å². The molecule has 4 rings (SSSR count). The van der Waals surface area contributed by atoms with E-state index in [4.69, 9.17) is 0 Å². The van der Waals surface area contributed by atoms with Crippen molar-refractivity contribution in [3.05, 3.63) is 29.8 Å². The fraction of sp³-hybridized carbons (Fsp3) is 0.650. The Morgan fingerprint density at radius 2 is 1.76 bits per heavy atom. The van der Waals surface area contributed by atoms with E-state index < -0.39 is 0 Å². The predicted molar refractivity (Wildman–Crippen MR) is 105 cm³/mol. The molecule has 1 aromatic rings. The summed E-state index contributed by atoms with van der Waals surface area (Å²) in [6.45, 7) is 6.64. The van der Waals surface area contributed by atoms with Crippen LogP contribution in [0.5, 0.6) is 0 Å². The van der Waals surface area contributed by atoms with E-state index in [0.717, 1.165) is 50.5 Å². The van der Waals surface area contributed by atoms with Gasteiger partial charge in [0.15, 0.2) is 0 Å². The van der Waals surface area contributed by atoms with Crippen LogP contribution in [0.15, 0.2) is 24.3 Å². The number of likely N-dealkylation sites (tertiary alicyclic amines) is 1. The lowest BCUT2D eigenvalue weighted by atomic mass is 9.92. The molecule has 1 amide bonds. The Labute approximate surface area is 157 Å². The highest BCUT2D eigenvalue weighted by molar-refractivity contribution is 5.97. The number of fused-ring (bicyclic) bond motifs is 1. The smallest absolute Gasteiger partial charge is 0.230 e. The van der Waals surface area contributed by atoms with Crippen molar-refractivity contribution in [3.63, 3.8) is 0 Å². The number of piperidine rings is 2. The van der Waals surface area contributed by atoms with Gasteiger partial charge in [0, 0.05) is 24.7 Å². The lowest BCUT2D eigenvalue weighted by molar-refractivity contribution is -0.123. The molecule has 0 saturated carbocycles. The Kier molecular flexibility index (Phi) is 6.37. The zero-order valence-electron chi connectivity index (χ0n) is 15.0. The molecule has 3 heterocycles. The van der Waals surface area contributed by atoms with Crippen LogP contribution in [0, 0.1) is 11.8 Å². The van der Waals surface area contributed by atoms with Gasteiger partial charge in [-0.05, 0) is 75.8 Å². The zero-order valence-corrected chi connectivity index (χ0v) is 15.8. The highest BCUT2D eigenvalue weighted by atomic mass is 35.5. The minimum absolute atomic E-state index is 0. The van der Waals surface area contributed by atoms with Gasteiger partial charge < -0.3 is 15.1 Å². The maximum absolute atomic E-state index is 13.0. The Morgan fingerprint density at radius 1 is 1.04 bits per heavy atom. The van der Waals surface area contributed by atoms with Crippen molar-refractivity contribution in [2.24, 2.45) is 11.8 Å². The number of hydrogen-bond acceptors (Lipinski definition) is 3. The third kappa shape index (κ3) is 4.18. The van der Waals surface area contributed by atoms with E-state index in [1.54, 1.807) is 0 Å². The summed E-state index contributed by atoms with van der Waals surface area (Å²) in [4.78, 5) is 17.6. The Bertz CT molecular complexity index is 580. The molecular formula is C20H30ClN3O. The first kappa shape index (κ1) is 18.7. The zero-order chi connectivity index (χ0) is 16.4. The second kappa shape index (κ2) is 8.52. The second-order valence-electron chi connectivity index (χ2n) is 7.64. The number of carbonyl (C=O) groups is 1. The first-order chi connectivity index (χ1) is 11.8. The predicted octanol–water partition coefficient (Wildman–Crippen LogP) is 2.71. The first-order valence-electron chi connectivity index (χ1n) is 9.63. The number of benzene rings is 1. The summed E-state index contributed by atoms with van der Waals surface area (Å²) in [6, 6.07) is 8.38.